The first-order valence-corrected chi connectivity index (χ1v) is 5.22. The molecule has 0 saturated heterocycles. The van der Waals surface area contributed by atoms with Crippen LogP contribution < -0.4 is 10.1 Å². The maximum absolute atomic E-state index is 10.8. The Morgan fingerprint density at radius 1 is 1.47 bits per heavy atom. The van der Waals surface area contributed by atoms with E-state index in [-0.39, 0.29) is 17.5 Å². The Bertz CT molecular complexity index is 417. The number of carbonyl (C=O) groups is 2. The van der Waals surface area contributed by atoms with E-state index >= 15 is 0 Å². The van der Waals surface area contributed by atoms with Gasteiger partial charge in [0.05, 0.1) is 11.6 Å². The first-order chi connectivity index (χ1) is 7.99. The fourth-order valence-electron chi connectivity index (χ4n) is 1.33. The lowest BCUT2D eigenvalue weighted by Gasteiger charge is -2.13. The molecule has 5 nitrogen and oxygen atoms in total. The molecule has 5 heteroatoms. The van der Waals surface area contributed by atoms with Crippen molar-refractivity contribution in [2.45, 2.75) is 19.9 Å². The molecule has 0 aliphatic heterocycles. The lowest BCUT2D eigenvalue weighted by molar-refractivity contribution is -0.119. The minimum Gasteiger partial charge on any atom is -0.491 e. The van der Waals surface area contributed by atoms with Crippen molar-refractivity contribution in [2.24, 2.45) is 0 Å². The summed E-state index contributed by atoms with van der Waals surface area (Å²) in [6.45, 7) is 3.53. The molecule has 1 aromatic rings. The number of amides is 1. The van der Waals surface area contributed by atoms with Crippen LogP contribution in [0.15, 0.2) is 24.3 Å². The van der Waals surface area contributed by atoms with Gasteiger partial charge < -0.3 is 15.2 Å². The average molecular weight is 237 g/mol. The van der Waals surface area contributed by atoms with Crippen molar-refractivity contribution in [2.75, 3.05) is 6.61 Å². The predicted octanol–water partition coefficient (Wildman–Crippen LogP) is 1.29. The number of ether oxygens (including phenoxy) is 1. The molecule has 0 bridgehead atoms. The zero-order valence-corrected chi connectivity index (χ0v) is 9.77. The van der Waals surface area contributed by atoms with Gasteiger partial charge in [0.25, 0.3) is 0 Å². The van der Waals surface area contributed by atoms with Crippen LogP contribution in [0.4, 0.5) is 0 Å². The van der Waals surface area contributed by atoms with Crippen LogP contribution in [0.1, 0.15) is 24.2 Å². The maximum Gasteiger partial charge on any atom is 0.335 e. The summed E-state index contributed by atoms with van der Waals surface area (Å²) in [7, 11) is 0. The molecule has 1 aromatic carbocycles. The molecule has 2 N–H and O–H groups in total. The van der Waals surface area contributed by atoms with Crippen LogP contribution in [0.25, 0.3) is 0 Å². The van der Waals surface area contributed by atoms with Gasteiger partial charge in [-0.25, -0.2) is 4.79 Å². The number of carbonyl (C=O) groups excluding carboxylic acids is 1. The Kier molecular flexibility index (Phi) is 4.51. The fourth-order valence-corrected chi connectivity index (χ4v) is 1.33. The van der Waals surface area contributed by atoms with Gasteiger partial charge in [0.1, 0.15) is 12.4 Å². The minimum atomic E-state index is -0.995. The molecule has 0 saturated carbocycles. The Balaban J connectivity index is 2.54. The molecule has 0 aliphatic rings. The van der Waals surface area contributed by atoms with E-state index in [1.165, 1.54) is 19.1 Å². The molecular weight excluding hydrogens is 222 g/mol. The molecule has 0 heterocycles. The monoisotopic (exact) mass is 237 g/mol. The lowest BCUT2D eigenvalue weighted by Crippen LogP contribution is -2.35. The van der Waals surface area contributed by atoms with E-state index in [9.17, 15) is 9.59 Å². The van der Waals surface area contributed by atoms with Crippen molar-refractivity contribution in [1.82, 2.24) is 5.32 Å². The molecule has 0 fully saturated rings. The summed E-state index contributed by atoms with van der Waals surface area (Å²) in [5, 5.41) is 11.5. The minimum absolute atomic E-state index is 0.124. The summed E-state index contributed by atoms with van der Waals surface area (Å²) in [6, 6.07) is 6.10. The summed E-state index contributed by atoms with van der Waals surface area (Å²) in [6.07, 6.45) is 0. The van der Waals surface area contributed by atoms with Crippen LogP contribution in [0.3, 0.4) is 0 Å². The zero-order chi connectivity index (χ0) is 12.8. The van der Waals surface area contributed by atoms with Crippen molar-refractivity contribution < 1.29 is 19.4 Å². The van der Waals surface area contributed by atoms with Crippen LogP contribution >= 0.6 is 0 Å². The van der Waals surface area contributed by atoms with Gasteiger partial charge in [-0.3, -0.25) is 4.79 Å². The maximum atomic E-state index is 10.8. The molecule has 1 amide bonds. The fraction of sp³-hybridized carbons (Fsp3) is 0.333. The molecule has 0 radical (unpaired) electrons. The number of rotatable bonds is 5. The van der Waals surface area contributed by atoms with Crippen molar-refractivity contribution in [3.05, 3.63) is 29.8 Å². The van der Waals surface area contributed by atoms with Crippen LogP contribution in [0, 0.1) is 0 Å². The molecule has 1 unspecified atom stereocenters. The second-order valence-electron chi connectivity index (χ2n) is 3.75. The van der Waals surface area contributed by atoms with Crippen LogP contribution in [0.5, 0.6) is 5.75 Å². The summed E-state index contributed by atoms with van der Waals surface area (Å²) in [4.78, 5) is 21.5. The highest BCUT2D eigenvalue weighted by Gasteiger charge is 2.06. The second kappa shape index (κ2) is 5.89. The van der Waals surface area contributed by atoms with Crippen molar-refractivity contribution in [3.63, 3.8) is 0 Å². The third-order valence-corrected chi connectivity index (χ3v) is 2.03. The van der Waals surface area contributed by atoms with Gasteiger partial charge in [0.15, 0.2) is 0 Å². The first kappa shape index (κ1) is 13.0. The van der Waals surface area contributed by atoms with Gasteiger partial charge in [0.2, 0.25) is 5.91 Å². The van der Waals surface area contributed by atoms with Gasteiger partial charge in [-0.05, 0) is 25.1 Å². The normalized spacial score (nSPS) is 11.6. The first-order valence-electron chi connectivity index (χ1n) is 5.22. The molecule has 1 atom stereocenters. The SMILES string of the molecule is CC(=O)NC(C)COc1cccc(C(=O)O)c1. The van der Waals surface area contributed by atoms with Crippen LogP contribution in [-0.4, -0.2) is 29.6 Å². The van der Waals surface area contributed by atoms with E-state index in [0.29, 0.717) is 12.4 Å². The molecule has 0 spiro atoms. The number of carboxylic acids is 1. The van der Waals surface area contributed by atoms with Gasteiger partial charge in [-0.1, -0.05) is 6.07 Å². The largest absolute Gasteiger partial charge is 0.491 e. The Hall–Kier alpha value is -2.04. The van der Waals surface area contributed by atoms with Crippen LogP contribution in [-0.2, 0) is 4.79 Å². The Labute approximate surface area is 99.4 Å². The highest BCUT2D eigenvalue weighted by molar-refractivity contribution is 5.88. The number of carboxylic acid groups (broad SMARTS) is 1. The van der Waals surface area contributed by atoms with E-state index in [1.807, 2.05) is 6.92 Å². The summed E-state index contributed by atoms with van der Waals surface area (Å²) >= 11 is 0. The van der Waals surface area contributed by atoms with Crippen molar-refractivity contribution in [3.8, 4) is 5.75 Å². The Morgan fingerprint density at radius 3 is 2.76 bits per heavy atom. The van der Waals surface area contributed by atoms with Gasteiger partial charge >= 0.3 is 5.97 Å². The molecular formula is C12H15NO4. The molecule has 17 heavy (non-hydrogen) atoms. The van der Waals surface area contributed by atoms with Crippen molar-refractivity contribution in [1.29, 1.82) is 0 Å². The van der Waals surface area contributed by atoms with Gasteiger partial charge in [0, 0.05) is 6.92 Å². The lowest BCUT2D eigenvalue weighted by atomic mass is 10.2. The topological polar surface area (TPSA) is 75.6 Å². The summed E-state index contributed by atoms with van der Waals surface area (Å²) in [5.74, 6) is -0.646. The van der Waals surface area contributed by atoms with E-state index < -0.39 is 5.97 Å². The Morgan fingerprint density at radius 2 is 2.18 bits per heavy atom. The molecule has 0 aromatic heterocycles. The highest BCUT2D eigenvalue weighted by Crippen LogP contribution is 2.13. The third-order valence-electron chi connectivity index (χ3n) is 2.03. The summed E-state index contributed by atoms with van der Waals surface area (Å²) in [5.41, 5.74) is 0.176. The number of hydrogen-bond donors (Lipinski definition) is 2. The third kappa shape index (κ3) is 4.55. The molecule has 1 rings (SSSR count). The van der Waals surface area contributed by atoms with E-state index in [4.69, 9.17) is 9.84 Å². The zero-order valence-electron chi connectivity index (χ0n) is 9.77. The molecule has 92 valence electrons. The number of benzene rings is 1. The number of aromatic carboxylic acids is 1. The van der Waals surface area contributed by atoms with Crippen molar-refractivity contribution >= 4 is 11.9 Å². The van der Waals surface area contributed by atoms with E-state index in [0.717, 1.165) is 0 Å². The average Bonchev–Trinajstić information content (AvgIpc) is 2.26. The smallest absolute Gasteiger partial charge is 0.335 e. The van der Waals surface area contributed by atoms with Gasteiger partial charge in [-0.2, -0.15) is 0 Å². The summed E-state index contributed by atoms with van der Waals surface area (Å²) < 4.78 is 5.38. The number of nitrogens with one attached hydrogen (secondary N) is 1. The number of hydrogen-bond acceptors (Lipinski definition) is 3. The quantitative estimate of drug-likeness (QED) is 0.809. The predicted molar refractivity (Wildman–Crippen MR) is 62.2 cm³/mol. The molecule has 0 aliphatic carbocycles. The second-order valence-corrected chi connectivity index (χ2v) is 3.75. The van der Waals surface area contributed by atoms with E-state index in [2.05, 4.69) is 5.32 Å². The highest BCUT2D eigenvalue weighted by atomic mass is 16.5. The standard InChI is InChI=1S/C12H15NO4/c1-8(13-9(2)14)7-17-11-5-3-4-10(6-11)12(15)16/h3-6,8H,7H2,1-2H3,(H,13,14)(H,15,16). The van der Waals surface area contributed by atoms with Crippen LogP contribution in [0.2, 0.25) is 0 Å². The van der Waals surface area contributed by atoms with Gasteiger partial charge in [-0.15, -0.1) is 0 Å². The van der Waals surface area contributed by atoms with E-state index in [1.54, 1.807) is 12.1 Å².